The Balaban J connectivity index is 2.78. The number of carbonyl (C=O) groups is 1. The molecule has 0 aliphatic rings. The zero-order chi connectivity index (χ0) is 11.6. The number of halogens is 1. The summed E-state index contributed by atoms with van der Waals surface area (Å²) in [6, 6.07) is 0. The van der Waals surface area contributed by atoms with E-state index in [1.807, 2.05) is 0 Å². The zero-order valence-corrected chi connectivity index (χ0v) is 9.54. The largest absolute Gasteiger partial charge is 0.394 e. The lowest BCUT2D eigenvalue weighted by Gasteiger charge is -2.22. The summed E-state index contributed by atoms with van der Waals surface area (Å²) in [6.07, 6.45) is 0. The Kier molecular flexibility index (Phi) is 3.31. The third-order valence-corrected chi connectivity index (χ3v) is 2.09. The van der Waals surface area contributed by atoms with E-state index >= 15 is 0 Å². The molecule has 0 saturated heterocycles. The maximum atomic E-state index is 11.6. The van der Waals surface area contributed by atoms with Crippen molar-refractivity contribution in [1.29, 1.82) is 0 Å². The van der Waals surface area contributed by atoms with Crippen LogP contribution in [-0.2, 0) is 7.05 Å². The zero-order valence-electron chi connectivity index (χ0n) is 8.78. The van der Waals surface area contributed by atoms with E-state index in [9.17, 15) is 4.79 Å². The fraction of sp³-hybridized carbons (Fsp3) is 0.625. The molecule has 2 N–H and O–H groups in total. The summed E-state index contributed by atoms with van der Waals surface area (Å²) in [7, 11) is 1.59. The van der Waals surface area contributed by atoms with Crippen LogP contribution in [0, 0.1) is 0 Å². The second-order valence-corrected chi connectivity index (χ2v) is 4.16. The molecule has 0 aromatic carbocycles. The summed E-state index contributed by atoms with van der Waals surface area (Å²) < 4.78 is 1.29. The third-order valence-electron chi connectivity index (χ3n) is 1.76. The van der Waals surface area contributed by atoms with E-state index in [4.69, 9.17) is 16.7 Å². The number of nitrogens with one attached hydrogen (secondary N) is 1. The lowest BCUT2D eigenvalue weighted by molar-refractivity contribution is 0.0858. The van der Waals surface area contributed by atoms with Crippen LogP contribution in [0.1, 0.15) is 24.5 Å². The van der Waals surface area contributed by atoms with E-state index in [-0.39, 0.29) is 17.7 Å². The van der Waals surface area contributed by atoms with E-state index in [0.717, 1.165) is 0 Å². The van der Waals surface area contributed by atoms with Crippen LogP contribution >= 0.6 is 11.6 Å². The fourth-order valence-corrected chi connectivity index (χ4v) is 0.982. The average molecular weight is 233 g/mol. The van der Waals surface area contributed by atoms with Gasteiger partial charge in [-0.15, -0.1) is 5.10 Å². The van der Waals surface area contributed by atoms with E-state index in [1.165, 1.54) is 4.68 Å². The van der Waals surface area contributed by atoms with Gasteiger partial charge in [0, 0.05) is 7.05 Å². The highest BCUT2D eigenvalue weighted by molar-refractivity contribution is 6.28. The van der Waals surface area contributed by atoms with Crippen molar-refractivity contribution >= 4 is 17.5 Å². The van der Waals surface area contributed by atoms with Crippen molar-refractivity contribution in [3.05, 3.63) is 11.1 Å². The maximum Gasteiger partial charge on any atom is 0.291 e. The number of hydrogen-bond donors (Lipinski definition) is 2. The van der Waals surface area contributed by atoms with Crippen LogP contribution in [-0.4, -0.2) is 37.9 Å². The Bertz CT molecular complexity index is 355. The first-order chi connectivity index (χ1) is 6.85. The van der Waals surface area contributed by atoms with Crippen molar-refractivity contribution in [2.24, 2.45) is 7.05 Å². The first kappa shape index (κ1) is 11.9. The first-order valence-electron chi connectivity index (χ1n) is 4.35. The molecular weight excluding hydrogens is 220 g/mol. The topological polar surface area (TPSA) is 80.0 Å². The predicted molar refractivity (Wildman–Crippen MR) is 54.6 cm³/mol. The molecule has 0 aliphatic heterocycles. The van der Waals surface area contributed by atoms with Crippen LogP contribution < -0.4 is 5.32 Å². The van der Waals surface area contributed by atoms with Crippen LogP contribution in [0.5, 0.6) is 0 Å². The minimum atomic E-state index is -0.706. The van der Waals surface area contributed by atoms with Gasteiger partial charge in [-0.3, -0.25) is 4.79 Å². The molecule has 15 heavy (non-hydrogen) atoms. The highest BCUT2D eigenvalue weighted by Crippen LogP contribution is 2.05. The Labute approximate surface area is 92.3 Å². The number of amides is 1. The highest BCUT2D eigenvalue weighted by atomic mass is 35.5. The molecule has 1 rings (SSSR count). The molecule has 1 heterocycles. The lowest BCUT2D eigenvalue weighted by Crippen LogP contribution is -2.46. The minimum absolute atomic E-state index is 0.0102. The van der Waals surface area contributed by atoms with Gasteiger partial charge in [0.2, 0.25) is 11.1 Å². The van der Waals surface area contributed by atoms with Gasteiger partial charge in [-0.25, -0.2) is 4.68 Å². The van der Waals surface area contributed by atoms with Crippen molar-refractivity contribution in [1.82, 2.24) is 20.1 Å². The number of hydrogen-bond acceptors (Lipinski definition) is 4. The predicted octanol–water partition coefficient (Wildman–Crippen LogP) is -0.0308. The number of aromatic nitrogens is 3. The smallest absolute Gasteiger partial charge is 0.291 e. The van der Waals surface area contributed by atoms with Crippen LogP contribution in [0.25, 0.3) is 0 Å². The second kappa shape index (κ2) is 4.16. The first-order valence-corrected chi connectivity index (χ1v) is 4.73. The van der Waals surface area contributed by atoms with E-state index in [0.29, 0.717) is 0 Å². The standard InChI is InChI=1S/C8H13ClN4O2/c1-8(2,4-14)11-6(15)5-10-7(9)13(3)12-5/h14H,4H2,1-3H3,(H,11,15). The van der Waals surface area contributed by atoms with Crippen LogP contribution in [0.4, 0.5) is 0 Å². The molecule has 0 bridgehead atoms. The molecule has 0 atom stereocenters. The normalized spacial score (nSPS) is 11.5. The van der Waals surface area contributed by atoms with Gasteiger partial charge in [-0.1, -0.05) is 0 Å². The lowest BCUT2D eigenvalue weighted by atomic mass is 10.1. The van der Waals surface area contributed by atoms with Gasteiger partial charge in [0.1, 0.15) is 0 Å². The number of aryl methyl sites for hydroxylation is 1. The maximum absolute atomic E-state index is 11.6. The SMILES string of the molecule is Cn1nc(C(=O)NC(C)(C)CO)nc1Cl. The number of rotatable bonds is 3. The highest BCUT2D eigenvalue weighted by Gasteiger charge is 2.22. The van der Waals surface area contributed by atoms with Crippen molar-refractivity contribution in [2.75, 3.05) is 6.61 Å². The van der Waals surface area contributed by atoms with Crippen molar-refractivity contribution in [3.63, 3.8) is 0 Å². The number of aliphatic hydroxyl groups is 1. The molecule has 6 nitrogen and oxygen atoms in total. The van der Waals surface area contributed by atoms with E-state index in [1.54, 1.807) is 20.9 Å². The molecule has 7 heteroatoms. The molecular formula is C8H13ClN4O2. The van der Waals surface area contributed by atoms with Crippen LogP contribution in [0.3, 0.4) is 0 Å². The number of nitrogens with zero attached hydrogens (tertiary/aromatic N) is 3. The summed E-state index contributed by atoms with van der Waals surface area (Å²) in [5, 5.41) is 15.5. The van der Waals surface area contributed by atoms with Crippen LogP contribution in [0.15, 0.2) is 0 Å². The van der Waals surface area contributed by atoms with E-state index in [2.05, 4.69) is 15.4 Å². The molecule has 1 amide bonds. The average Bonchev–Trinajstić information content (AvgIpc) is 2.47. The van der Waals surface area contributed by atoms with Gasteiger partial charge in [0.15, 0.2) is 0 Å². The monoisotopic (exact) mass is 232 g/mol. The molecule has 1 aromatic heterocycles. The Hall–Kier alpha value is -1.14. The minimum Gasteiger partial charge on any atom is -0.394 e. The van der Waals surface area contributed by atoms with Gasteiger partial charge < -0.3 is 10.4 Å². The van der Waals surface area contributed by atoms with Gasteiger partial charge in [-0.2, -0.15) is 4.98 Å². The Morgan fingerprint density at radius 3 is 2.67 bits per heavy atom. The van der Waals surface area contributed by atoms with Crippen molar-refractivity contribution in [2.45, 2.75) is 19.4 Å². The molecule has 0 spiro atoms. The van der Waals surface area contributed by atoms with E-state index < -0.39 is 11.4 Å². The molecule has 84 valence electrons. The quantitative estimate of drug-likeness (QED) is 0.767. The molecule has 0 radical (unpaired) electrons. The summed E-state index contributed by atoms with van der Waals surface area (Å²) in [4.78, 5) is 15.3. The van der Waals surface area contributed by atoms with Gasteiger partial charge in [-0.05, 0) is 25.4 Å². The van der Waals surface area contributed by atoms with Gasteiger partial charge >= 0.3 is 0 Å². The second-order valence-electron chi connectivity index (χ2n) is 3.82. The summed E-state index contributed by atoms with van der Waals surface area (Å²) >= 11 is 5.64. The third kappa shape index (κ3) is 2.90. The fourth-order valence-electron chi connectivity index (χ4n) is 0.864. The van der Waals surface area contributed by atoms with Gasteiger partial charge in [0.25, 0.3) is 5.91 Å². The van der Waals surface area contributed by atoms with Gasteiger partial charge in [0.05, 0.1) is 12.1 Å². The van der Waals surface area contributed by atoms with Crippen molar-refractivity contribution < 1.29 is 9.90 Å². The number of aliphatic hydroxyl groups excluding tert-OH is 1. The summed E-state index contributed by atoms with van der Waals surface area (Å²) in [5.41, 5.74) is -0.706. The Morgan fingerprint density at radius 2 is 2.27 bits per heavy atom. The molecule has 1 aromatic rings. The van der Waals surface area contributed by atoms with Crippen molar-refractivity contribution in [3.8, 4) is 0 Å². The molecule has 0 unspecified atom stereocenters. The summed E-state index contributed by atoms with van der Waals surface area (Å²) in [6.45, 7) is 3.21. The molecule has 0 aliphatic carbocycles. The molecule has 0 saturated carbocycles. The van der Waals surface area contributed by atoms with Crippen LogP contribution in [0.2, 0.25) is 5.28 Å². The summed E-state index contributed by atoms with van der Waals surface area (Å²) in [5.74, 6) is -0.472. The molecule has 0 fully saturated rings. The number of carbonyl (C=O) groups excluding carboxylic acids is 1. The Morgan fingerprint density at radius 1 is 1.67 bits per heavy atom.